The van der Waals surface area contributed by atoms with Gasteiger partial charge in [-0.1, -0.05) is 23.8 Å². The first-order valence-electron chi connectivity index (χ1n) is 6.48. The molecular formula is C16H15NO2. The van der Waals surface area contributed by atoms with Crippen molar-refractivity contribution in [3.63, 3.8) is 0 Å². The molecule has 2 aliphatic rings. The molecule has 2 aliphatic heterocycles. The van der Waals surface area contributed by atoms with E-state index in [9.17, 15) is 5.11 Å². The largest absolute Gasteiger partial charge is 0.508 e. The molecule has 2 aromatic rings. The van der Waals surface area contributed by atoms with Gasteiger partial charge in [-0.3, -0.25) is 0 Å². The summed E-state index contributed by atoms with van der Waals surface area (Å²) in [6.07, 6.45) is 0. The summed E-state index contributed by atoms with van der Waals surface area (Å²) in [6, 6.07) is 12.0. The van der Waals surface area contributed by atoms with Crippen molar-refractivity contribution >= 4 is 5.69 Å². The third-order valence-corrected chi connectivity index (χ3v) is 4.05. The number of benzene rings is 2. The van der Waals surface area contributed by atoms with E-state index in [1.54, 1.807) is 12.1 Å². The van der Waals surface area contributed by atoms with Crippen LogP contribution in [0.4, 0.5) is 5.69 Å². The van der Waals surface area contributed by atoms with E-state index in [0.717, 1.165) is 11.3 Å². The van der Waals surface area contributed by atoms with Crippen molar-refractivity contribution in [2.24, 2.45) is 0 Å². The van der Waals surface area contributed by atoms with E-state index in [2.05, 4.69) is 30.4 Å². The second kappa shape index (κ2) is 3.52. The molecular weight excluding hydrogens is 238 g/mol. The SMILES string of the molecule is Cc1ccc2c(c1)C1(COC1)Nc1cc(O)ccc1-2. The molecule has 19 heavy (non-hydrogen) atoms. The van der Waals surface area contributed by atoms with Crippen LogP contribution in [-0.4, -0.2) is 18.3 Å². The van der Waals surface area contributed by atoms with Gasteiger partial charge < -0.3 is 15.2 Å². The van der Waals surface area contributed by atoms with E-state index in [1.807, 2.05) is 6.07 Å². The molecule has 2 heterocycles. The Hall–Kier alpha value is -2.00. The molecule has 0 bridgehead atoms. The van der Waals surface area contributed by atoms with Crippen LogP contribution in [0, 0.1) is 6.92 Å². The number of fused-ring (bicyclic) bond motifs is 4. The minimum absolute atomic E-state index is 0.123. The Bertz CT molecular complexity index is 674. The monoisotopic (exact) mass is 253 g/mol. The molecule has 0 amide bonds. The van der Waals surface area contributed by atoms with Crippen LogP contribution in [0.1, 0.15) is 11.1 Å². The fourth-order valence-corrected chi connectivity index (χ4v) is 3.02. The molecule has 2 N–H and O–H groups in total. The molecule has 1 fully saturated rings. The fraction of sp³-hybridized carbons (Fsp3) is 0.250. The van der Waals surface area contributed by atoms with Gasteiger partial charge in [-0.05, 0) is 30.2 Å². The fourth-order valence-electron chi connectivity index (χ4n) is 3.02. The van der Waals surface area contributed by atoms with Crippen molar-refractivity contribution in [1.29, 1.82) is 0 Å². The van der Waals surface area contributed by atoms with Gasteiger partial charge in [0.25, 0.3) is 0 Å². The van der Waals surface area contributed by atoms with Gasteiger partial charge >= 0.3 is 0 Å². The molecule has 0 atom stereocenters. The first-order chi connectivity index (χ1) is 9.18. The average Bonchev–Trinajstić information content (AvgIpc) is 2.35. The zero-order valence-corrected chi connectivity index (χ0v) is 10.7. The summed E-state index contributed by atoms with van der Waals surface area (Å²) in [5.74, 6) is 0.289. The van der Waals surface area contributed by atoms with E-state index >= 15 is 0 Å². The van der Waals surface area contributed by atoms with Gasteiger partial charge in [-0.2, -0.15) is 0 Å². The van der Waals surface area contributed by atoms with E-state index in [-0.39, 0.29) is 11.3 Å². The number of anilines is 1. The van der Waals surface area contributed by atoms with Crippen molar-refractivity contribution in [2.75, 3.05) is 18.5 Å². The van der Waals surface area contributed by atoms with Crippen LogP contribution in [-0.2, 0) is 10.3 Å². The summed E-state index contributed by atoms with van der Waals surface area (Å²) >= 11 is 0. The maximum atomic E-state index is 9.67. The Balaban J connectivity index is 2.00. The summed E-state index contributed by atoms with van der Waals surface area (Å²) in [5, 5.41) is 13.2. The topological polar surface area (TPSA) is 41.5 Å². The van der Waals surface area contributed by atoms with Crippen LogP contribution in [0.15, 0.2) is 36.4 Å². The lowest BCUT2D eigenvalue weighted by Gasteiger charge is -2.47. The van der Waals surface area contributed by atoms with Gasteiger partial charge in [0.15, 0.2) is 0 Å². The van der Waals surface area contributed by atoms with E-state index in [4.69, 9.17) is 4.74 Å². The first kappa shape index (κ1) is 10.9. The minimum Gasteiger partial charge on any atom is -0.508 e. The molecule has 1 saturated heterocycles. The predicted octanol–water partition coefficient (Wildman–Crippen LogP) is 3.02. The molecule has 3 heteroatoms. The van der Waals surface area contributed by atoms with E-state index in [1.165, 1.54) is 16.7 Å². The highest BCUT2D eigenvalue weighted by atomic mass is 16.5. The third-order valence-electron chi connectivity index (χ3n) is 4.05. The Kier molecular flexibility index (Phi) is 2.01. The number of aryl methyl sites for hydroxylation is 1. The van der Waals surface area contributed by atoms with Crippen LogP contribution in [0.2, 0.25) is 0 Å². The standard InChI is InChI=1S/C16H15NO2/c1-10-2-4-12-13-5-3-11(18)7-15(13)17-16(8-19-9-16)14(12)6-10/h2-7,17-18H,8-9H2,1H3. The maximum Gasteiger partial charge on any atom is 0.117 e. The summed E-state index contributed by atoms with van der Waals surface area (Å²) in [6.45, 7) is 3.47. The highest BCUT2D eigenvalue weighted by Gasteiger charge is 2.45. The highest BCUT2D eigenvalue weighted by Crippen LogP contribution is 2.47. The van der Waals surface area contributed by atoms with Gasteiger partial charge in [-0.25, -0.2) is 0 Å². The summed E-state index contributed by atoms with van der Waals surface area (Å²) in [4.78, 5) is 0. The number of rotatable bonds is 0. The van der Waals surface area contributed by atoms with Crippen molar-refractivity contribution in [1.82, 2.24) is 0 Å². The van der Waals surface area contributed by atoms with Crippen molar-refractivity contribution in [2.45, 2.75) is 12.5 Å². The summed E-state index contributed by atoms with van der Waals surface area (Å²) in [7, 11) is 0. The number of phenolic OH excluding ortho intramolecular Hbond substituents is 1. The second-order valence-electron chi connectivity index (χ2n) is 5.48. The molecule has 0 unspecified atom stereocenters. The lowest BCUT2D eigenvalue weighted by Crippen LogP contribution is -2.54. The van der Waals surface area contributed by atoms with Crippen LogP contribution >= 0.6 is 0 Å². The molecule has 0 radical (unpaired) electrons. The van der Waals surface area contributed by atoms with Crippen molar-refractivity contribution in [3.05, 3.63) is 47.5 Å². The number of hydrogen-bond donors (Lipinski definition) is 2. The van der Waals surface area contributed by atoms with Gasteiger partial charge in [0.2, 0.25) is 0 Å². The molecule has 1 spiro atoms. The summed E-state index contributed by atoms with van der Waals surface area (Å²) in [5.41, 5.74) is 5.81. The lowest BCUT2D eigenvalue weighted by molar-refractivity contribution is -0.0449. The highest BCUT2D eigenvalue weighted by molar-refractivity contribution is 5.86. The van der Waals surface area contributed by atoms with E-state index < -0.39 is 0 Å². The van der Waals surface area contributed by atoms with Crippen molar-refractivity contribution < 1.29 is 9.84 Å². The smallest absolute Gasteiger partial charge is 0.117 e. The number of ether oxygens (including phenoxy) is 1. The molecule has 3 nitrogen and oxygen atoms in total. The van der Waals surface area contributed by atoms with Gasteiger partial charge in [-0.15, -0.1) is 0 Å². The zero-order chi connectivity index (χ0) is 13.0. The third kappa shape index (κ3) is 1.42. The molecule has 4 rings (SSSR count). The van der Waals surface area contributed by atoms with Crippen LogP contribution in [0.5, 0.6) is 5.75 Å². The Labute approximate surface area is 111 Å². The Morgan fingerprint density at radius 3 is 2.63 bits per heavy atom. The zero-order valence-electron chi connectivity index (χ0n) is 10.7. The molecule has 0 aliphatic carbocycles. The Morgan fingerprint density at radius 2 is 1.89 bits per heavy atom. The summed E-state index contributed by atoms with van der Waals surface area (Å²) < 4.78 is 5.43. The molecule has 0 saturated carbocycles. The second-order valence-corrected chi connectivity index (χ2v) is 5.48. The van der Waals surface area contributed by atoms with E-state index in [0.29, 0.717) is 13.2 Å². The molecule has 0 aromatic heterocycles. The number of hydrogen-bond acceptors (Lipinski definition) is 3. The van der Waals surface area contributed by atoms with Crippen molar-refractivity contribution in [3.8, 4) is 16.9 Å². The van der Waals surface area contributed by atoms with Gasteiger partial charge in [0.1, 0.15) is 11.3 Å². The molecule has 2 aromatic carbocycles. The van der Waals surface area contributed by atoms with Gasteiger partial charge in [0, 0.05) is 17.3 Å². The number of aromatic hydroxyl groups is 1. The average molecular weight is 253 g/mol. The minimum atomic E-state index is -0.123. The maximum absolute atomic E-state index is 9.67. The van der Waals surface area contributed by atoms with Crippen LogP contribution < -0.4 is 5.32 Å². The predicted molar refractivity (Wildman–Crippen MR) is 74.4 cm³/mol. The quantitative estimate of drug-likeness (QED) is 0.758. The first-order valence-corrected chi connectivity index (χ1v) is 6.48. The number of phenols is 1. The van der Waals surface area contributed by atoms with Gasteiger partial charge in [0.05, 0.1) is 13.2 Å². The number of nitrogens with one attached hydrogen (secondary N) is 1. The Morgan fingerprint density at radius 1 is 1.11 bits per heavy atom. The normalized spacial score (nSPS) is 18.2. The lowest BCUT2D eigenvalue weighted by atomic mass is 9.78. The molecule has 96 valence electrons. The van der Waals surface area contributed by atoms with Crippen LogP contribution in [0.25, 0.3) is 11.1 Å². The van der Waals surface area contributed by atoms with Crippen LogP contribution in [0.3, 0.4) is 0 Å².